The van der Waals surface area contributed by atoms with E-state index in [9.17, 15) is 18.4 Å². The number of anilines is 1. The van der Waals surface area contributed by atoms with Crippen molar-refractivity contribution in [2.24, 2.45) is 0 Å². The van der Waals surface area contributed by atoms with Gasteiger partial charge in [-0.1, -0.05) is 23.2 Å². The number of pyridine rings is 1. The fourth-order valence-corrected chi connectivity index (χ4v) is 4.30. The van der Waals surface area contributed by atoms with Crippen molar-refractivity contribution in [2.75, 3.05) is 23.4 Å². The fourth-order valence-electron chi connectivity index (χ4n) is 3.26. The predicted molar refractivity (Wildman–Crippen MR) is 131 cm³/mol. The van der Waals surface area contributed by atoms with Crippen molar-refractivity contribution in [1.82, 2.24) is 20.1 Å². The summed E-state index contributed by atoms with van der Waals surface area (Å²) in [5.41, 5.74) is 0.552. The van der Waals surface area contributed by atoms with E-state index in [1.165, 1.54) is 29.1 Å². The summed E-state index contributed by atoms with van der Waals surface area (Å²) in [5.74, 6) is 0.577. The normalized spacial score (nSPS) is 13.4. The van der Waals surface area contributed by atoms with E-state index in [0.29, 0.717) is 5.56 Å². The van der Waals surface area contributed by atoms with Crippen molar-refractivity contribution in [1.29, 1.82) is 0 Å². The Kier molecular flexibility index (Phi) is 7.78. The molecular formula is C22H19Cl2F2N5O3S. The number of alkyl halides is 2. The summed E-state index contributed by atoms with van der Waals surface area (Å²) in [4.78, 5) is 30.2. The molecule has 13 heteroatoms. The Hall–Kier alpha value is -2.89. The molecule has 0 spiro atoms. The van der Waals surface area contributed by atoms with Crippen molar-refractivity contribution in [3.8, 4) is 11.7 Å². The van der Waals surface area contributed by atoms with Gasteiger partial charge in [-0.25, -0.2) is 18.4 Å². The lowest BCUT2D eigenvalue weighted by atomic mass is 10.1. The summed E-state index contributed by atoms with van der Waals surface area (Å²) in [7, 11) is 0. The van der Waals surface area contributed by atoms with Crippen LogP contribution >= 0.6 is 35.0 Å². The van der Waals surface area contributed by atoms with E-state index >= 15 is 0 Å². The Balaban J connectivity index is 1.69. The van der Waals surface area contributed by atoms with Crippen LogP contribution in [-0.4, -0.2) is 57.2 Å². The third-order valence-corrected chi connectivity index (χ3v) is 6.68. The van der Waals surface area contributed by atoms with Crippen molar-refractivity contribution in [3.63, 3.8) is 0 Å². The number of aryl methyl sites for hydroxylation is 1. The van der Waals surface area contributed by atoms with Crippen molar-refractivity contribution >= 4 is 52.5 Å². The van der Waals surface area contributed by atoms with Gasteiger partial charge in [-0.3, -0.25) is 9.59 Å². The number of rotatable bonds is 8. The lowest BCUT2D eigenvalue weighted by molar-refractivity contribution is 0.0892. The van der Waals surface area contributed by atoms with E-state index in [1.807, 2.05) is 0 Å². The van der Waals surface area contributed by atoms with E-state index in [0.717, 1.165) is 11.5 Å². The number of amides is 2. The second-order valence-electron chi connectivity index (χ2n) is 7.57. The van der Waals surface area contributed by atoms with Gasteiger partial charge in [0, 0.05) is 28.8 Å². The van der Waals surface area contributed by atoms with Gasteiger partial charge in [-0.15, -0.1) is 5.10 Å². The van der Waals surface area contributed by atoms with Gasteiger partial charge in [-0.05, 0) is 36.8 Å². The summed E-state index contributed by atoms with van der Waals surface area (Å²) in [6, 6.07) is 7.52. The molecule has 2 N–H and O–H groups in total. The number of ether oxygens (including phenoxy) is 1. The number of halogens is 4. The molecule has 0 aliphatic carbocycles. The number of thioether (sulfide) groups is 1. The molecule has 3 aromatic rings. The first-order chi connectivity index (χ1) is 16.7. The first-order valence-electron chi connectivity index (χ1n) is 10.4. The summed E-state index contributed by atoms with van der Waals surface area (Å²) < 4.78 is 32.3. The van der Waals surface area contributed by atoms with Gasteiger partial charge in [0.2, 0.25) is 5.88 Å². The zero-order chi connectivity index (χ0) is 25.1. The number of nitrogens with one attached hydrogen (secondary N) is 2. The Morgan fingerprint density at radius 1 is 1.26 bits per heavy atom. The maximum Gasteiger partial charge on any atom is 0.274 e. The molecule has 4 rings (SSSR count). The Morgan fingerprint density at radius 2 is 2.03 bits per heavy atom. The molecular weight excluding hydrogens is 523 g/mol. The number of aromatic nitrogens is 3. The lowest BCUT2D eigenvalue weighted by Crippen LogP contribution is -2.31. The zero-order valence-electron chi connectivity index (χ0n) is 18.2. The number of benzene rings is 1. The maximum absolute atomic E-state index is 13.4. The molecule has 1 aliphatic heterocycles. The number of nitrogens with zero attached hydrogens (tertiary/aromatic N) is 3. The number of carbonyl (C=O) groups excluding carboxylic acids is 2. The van der Waals surface area contributed by atoms with Crippen LogP contribution in [0.3, 0.4) is 0 Å². The molecule has 0 radical (unpaired) electrons. The Morgan fingerprint density at radius 3 is 2.69 bits per heavy atom. The lowest BCUT2D eigenvalue weighted by Gasteiger charge is -2.24. The number of carbonyl (C=O) groups is 2. The molecule has 2 aromatic heterocycles. The molecule has 8 nitrogen and oxygen atoms in total. The van der Waals surface area contributed by atoms with Crippen LogP contribution in [0.4, 0.5) is 14.5 Å². The van der Waals surface area contributed by atoms with E-state index in [2.05, 4.69) is 20.7 Å². The Labute approximate surface area is 213 Å². The van der Waals surface area contributed by atoms with Gasteiger partial charge >= 0.3 is 0 Å². The highest BCUT2D eigenvalue weighted by Gasteiger charge is 2.26. The van der Waals surface area contributed by atoms with Crippen LogP contribution in [0, 0.1) is 6.92 Å². The molecule has 35 heavy (non-hydrogen) atoms. The average molecular weight is 542 g/mol. The third kappa shape index (κ3) is 5.85. The van der Waals surface area contributed by atoms with Crippen LogP contribution in [0.2, 0.25) is 10.0 Å². The van der Waals surface area contributed by atoms with Crippen LogP contribution in [-0.2, 0) is 0 Å². The first-order valence-corrected chi connectivity index (χ1v) is 12.3. The van der Waals surface area contributed by atoms with Crippen LogP contribution in [0.5, 0.6) is 5.88 Å². The highest BCUT2D eigenvalue weighted by atomic mass is 35.5. The number of hydrogen-bond donors (Lipinski definition) is 2. The average Bonchev–Trinajstić information content (AvgIpc) is 3.20. The Bertz CT molecular complexity index is 1270. The molecule has 2 amide bonds. The summed E-state index contributed by atoms with van der Waals surface area (Å²) >= 11 is 14.1. The van der Waals surface area contributed by atoms with Gasteiger partial charge in [0.15, 0.2) is 5.82 Å². The molecule has 0 atom stereocenters. The third-order valence-electron chi connectivity index (χ3n) is 4.95. The van der Waals surface area contributed by atoms with Gasteiger partial charge in [-0.2, -0.15) is 11.8 Å². The minimum absolute atomic E-state index is 0.0258. The standard InChI is InChI=1S/C22H19Cl2F2N5O3S/c1-11-5-12(23)6-14(21(32)28-8-17(25)26)19(11)29-22(33)16-7-18(34-13-9-35-10-13)30-31(16)20-15(24)3-2-4-27-20/h2-7,13,17H,8-10H2,1H3,(H,28,32)(H,29,33). The molecule has 0 saturated carbocycles. The van der Waals surface area contributed by atoms with Crippen molar-refractivity contribution in [3.05, 3.63) is 63.4 Å². The second-order valence-corrected chi connectivity index (χ2v) is 9.48. The highest BCUT2D eigenvalue weighted by molar-refractivity contribution is 8.00. The monoisotopic (exact) mass is 541 g/mol. The SMILES string of the molecule is Cc1cc(Cl)cc(C(=O)NCC(F)F)c1NC(=O)c1cc(OC2CSC2)nn1-c1ncccc1Cl. The molecule has 3 heterocycles. The molecule has 0 unspecified atom stereocenters. The smallest absolute Gasteiger partial charge is 0.274 e. The van der Waals surface area contributed by atoms with E-state index in [4.69, 9.17) is 27.9 Å². The number of hydrogen-bond acceptors (Lipinski definition) is 6. The maximum atomic E-state index is 13.4. The molecule has 1 saturated heterocycles. The quantitative estimate of drug-likeness (QED) is 0.431. The van der Waals surface area contributed by atoms with Gasteiger partial charge < -0.3 is 15.4 Å². The molecule has 1 aromatic carbocycles. The molecule has 0 bridgehead atoms. The predicted octanol–water partition coefficient (Wildman–Crippen LogP) is 4.62. The van der Waals surface area contributed by atoms with Gasteiger partial charge in [0.25, 0.3) is 18.2 Å². The van der Waals surface area contributed by atoms with E-state index in [-0.39, 0.29) is 44.8 Å². The van der Waals surface area contributed by atoms with Crippen LogP contribution in [0.25, 0.3) is 5.82 Å². The summed E-state index contributed by atoms with van der Waals surface area (Å²) in [6.07, 6.45) is -1.26. The highest BCUT2D eigenvalue weighted by Crippen LogP contribution is 2.29. The van der Waals surface area contributed by atoms with Gasteiger partial charge in [0.1, 0.15) is 11.8 Å². The zero-order valence-corrected chi connectivity index (χ0v) is 20.6. The molecule has 1 fully saturated rings. The van der Waals surface area contributed by atoms with Crippen LogP contribution in [0.1, 0.15) is 26.4 Å². The van der Waals surface area contributed by atoms with E-state index in [1.54, 1.807) is 30.8 Å². The van der Waals surface area contributed by atoms with E-state index < -0.39 is 24.8 Å². The van der Waals surface area contributed by atoms with Crippen LogP contribution < -0.4 is 15.4 Å². The van der Waals surface area contributed by atoms with Crippen LogP contribution in [0.15, 0.2) is 36.5 Å². The first kappa shape index (κ1) is 25.2. The minimum atomic E-state index is -2.73. The topological polar surface area (TPSA) is 98.1 Å². The fraction of sp³-hybridized carbons (Fsp3) is 0.273. The van der Waals surface area contributed by atoms with Crippen molar-refractivity contribution < 1.29 is 23.1 Å². The second kappa shape index (κ2) is 10.8. The molecule has 184 valence electrons. The summed E-state index contributed by atoms with van der Waals surface area (Å²) in [6.45, 7) is 0.782. The minimum Gasteiger partial charge on any atom is -0.472 e. The largest absolute Gasteiger partial charge is 0.472 e. The van der Waals surface area contributed by atoms with Gasteiger partial charge in [0.05, 0.1) is 22.8 Å². The van der Waals surface area contributed by atoms with Crippen molar-refractivity contribution in [2.45, 2.75) is 19.5 Å². The summed E-state index contributed by atoms with van der Waals surface area (Å²) in [5, 5.41) is 9.63. The molecule has 1 aliphatic rings.